The van der Waals surface area contributed by atoms with Gasteiger partial charge in [0, 0.05) is 16.7 Å². The zero-order valence-corrected chi connectivity index (χ0v) is 11.5. The quantitative estimate of drug-likeness (QED) is 0.743. The average molecular weight is 255 g/mol. The highest BCUT2D eigenvalue weighted by molar-refractivity contribution is 7.99. The van der Waals surface area contributed by atoms with Gasteiger partial charge in [0.05, 0.1) is 0 Å². The summed E-state index contributed by atoms with van der Waals surface area (Å²) in [6, 6.07) is 7.02. The van der Waals surface area contributed by atoms with Crippen molar-refractivity contribution in [3.8, 4) is 0 Å². The third-order valence-electron chi connectivity index (χ3n) is 2.78. The summed E-state index contributed by atoms with van der Waals surface area (Å²) in [7, 11) is 0. The molecule has 1 rings (SSSR count). The minimum atomic E-state index is -0.147. The Morgan fingerprint density at radius 1 is 1.35 bits per heavy atom. The van der Waals surface area contributed by atoms with Crippen LogP contribution in [0.4, 0.5) is 4.39 Å². The van der Waals surface area contributed by atoms with Gasteiger partial charge in [0.15, 0.2) is 0 Å². The molecule has 0 heterocycles. The molecular formula is C14H22FNS. The molecule has 0 aliphatic heterocycles. The first kappa shape index (κ1) is 14.5. The minimum absolute atomic E-state index is 0.147. The van der Waals surface area contributed by atoms with Crippen LogP contribution < -0.4 is 5.73 Å². The van der Waals surface area contributed by atoms with E-state index in [9.17, 15) is 4.39 Å². The zero-order valence-electron chi connectivity index (χ0n) is 10.7. The smallest absolute Gasteiger partial charge is 0.136 e. The molecule has 1 aromatic rings. The summed E-state index contributed by atoms with van der Waals surface area (Å²) in [6.45, 7) is 4.42. The van der Waals surface area contributed by atoms with E-state index in [-0.39, 0.29) is 11.9 Å². The topological polar surface area (TPSA) is 26.0 Å². The Labute approximate surface area is 108 Å². The van der Waals surface area contributed by atoms with Crippen LogP contribution in [0, 0.1) is 11.7 Å². The summed E-state index contributed by atoms with van der Waals surface area (Å²) in [5.74, 6) is 1.30. The van der Waals surface area contributed by atoms with Crippen LogP contribution in [0.3, 0.4) is 0 Å². The maximum absolute atomic E-state index is 13.4. The van der Waals surface area contributed by atoms with Crippen molar-refractivity contribution >= 4 is 11.8 Å². The maximum Gasteiger partial charge on any atom is 0.136 e. The molecule has 0 aliphatic carbocycles. The van der Waals surface area contributed by atoms with Crippen molar-refractivity contribution in [2.45, 2.75) is 44.0 Å². The molecule has 2 unspecified atom stereocenters. The summed E-state index contributed by atoms with van der Waals surface area (Å²) >= 11 is 1.52. The highest BCUT2D eigenvalue weighted by Crippen LogP contribution is 2.23. The molecule has 1 nitrogen and oxygen atoms in total. The lowest BCUT2D eigenvalue weighted by molar-refractivity contribution is 0.450. The van der Waals surface area contributed by atoms with Gasteiger partial charge in [-0.25, -0.2) is 4.39 Å². The fourth-order valence-electron chi connectivity index (χ4n) is 1.95. The first-order valence-electron chi connectivity index (χ1n) is 6.26. The molecule has 0 aromatic heterocycles. The van der Waals surface area contributed by atoms with Crippen molar-refractivity contribution in [3.05, 3.63) is 30.1 Å². The van der Waals surface area contributed by atoms with Gasteiger partial charge in [-0.2, -0.15) is 0 Å². The monoisotopic (exact) mass is 255 g/mol. The number of thioether (sulfide) groups is 1. The van der Waals surface area contributed by atoms with Gasteiger partial charge < -0.3 is 5.73 Å². The van der Waals surface area contributed by atoms with Gasteiger partial charge >= 0.3 is 0 Å². The molecule has 0 spiro atoms. The average Bonchev–Trinajstić information content (AvgIpc) is 2.28. The Morgan fingerprint density at radius 2 is 2.06 bits per heavy atom. The number of benzene rings is 1. The molecule has 0 fully saturated rings. The fraction of sp³-hybridized carbons (Fsp3) is 0.571. The van der Waals surface area contributed by atoms with Crippen LogP contribution in [0.5, 0.6) is 0 Å². The highest BCUT2D eigenvalue weighted by atomic mass is 32.2. The van der Waals surface area contributed by atoms with E-state index in [1.54, 1.807) is 6.07 Å². The van der Waals surface area contributed by atoms with Crippen molar-refractivity contribution in [1.82, 2.24) is 0 Å². The fourth-order valence-corrected chi connectivity index (χ4v) is 2.86. The molecule has 2 N–H and O–H groups in total. The van der Waals surface area contributed by atoms with Crippen molar-refractivity contribution in [2.24, 2.45) is 11.7 Å². The Kier molecular flexibility index (Phi) is 6.60. The molecule has 1 aromatic carbocycles. The Bertz CT molecular complexity index is 330. The van der Waals surface area contributed by atoms with E-state index in [2.05, 4.69) is 13.8 Å². The van der Waals surface area contributed by atoms with Crippen LogP contribution in [-0.4, -0.2) is 11.8 Å². The summed E-state index contributed by atoms with van der Waals surface area (Å²) < 4.78 is 13.4. The molecule has 0 aliphatic rings. The Morgan fingerprint density at radius 3 is 2.71 bits per heavy atom. The zero-order chi connectivity index (χ0) is 12.7. The molecule has 0 saturated heterocycles. The predicted molar refractivity (Wildman–Crippen MR) is 73.8 cm³/mol. The van der Waals surface area contributed by atoms with Crippen molar-refractivity contribution in [3.63, 3.8) is 0 Å². The summed E-state index contributed by atoms with van der Waals surface area (Å²) in [5.41, 5.74) is 6.06. The number of halogens is 1. The second-order valence-electron chi connectivity index (χ2n) is 4.63. The van der Waals surface area contributed by atoms with E-state index in [1.165, 1.54) is 30.7 Å². The molecule has 96 valence electrons. The summed E-state index contributed by atoms with van der Waals surface area (Å²) in [4.78, 5) is 0.700. The van der Waals surface area contributed by atoms with Gasteiger partial charge in [-0.15, -0.1) is 11.8 Å². The van der Waals surface area contributed by atoms with E-state index < -0.39 is 0 Å². The second kappa shape index (κ2) is 7.72. The van der Waals surface area contributed by atoms with E-state index in [0.29, 0.717) is 10.8 Å². The largest absolute Gasteiger partial charge is 0.327 e. The van der Waals surface area contributed by atoms with Gasteiger partial charge in [0.1, 0.15) is 5.82 Å². The Balaban J connectivity index is 2.33. The molecule has 0 radical (unpaired) electrons. The van der Waals surface area contributed by atoms with Crippen LogP contribution in [-0.2, 0) is 0 Å². The van der Waals surface area contributed by atoms with Crippen molar-refractivity contribution in [2.75, 3.05) is 5.75 Å². The van der Waals surface area contributed by atoms with Crippen molar-refractivity contribution in [1.29, 1.82) is 0 Å². The van der Waals surface area contributed by atoms with E-state index >= 15 is 0 Å². The normalized spacial score (nSPS) is 14.6. The van der Waals surface area contributed by atoms with Crippen LogP contribution in [0.2, 0.25) is 0 Å². The number of hydrogen-bond donors (Lipinski definition) is 1. The third kappa shape index (κ3) is 5.55. The van der Waals surface area contributed by atoms with Crippen LogP contribution in [0.25, 0.3) is 0 Å². The lowest BCUT2D eigenvalue weighted by Gasteiger charge is -2.16. The standard InChI is InChI=1S/C14H22FNS/c1-3-6-11(2)9-12(16)10-17-14-8-5-4-7-13(14)15/h4-5,7-8,11-12H,3,6,9-10,16H2,1-2H3. The van der Waals surface area contributed by atoms with Gasteiger partial charge in [-0.1, -0.05) is 38.8 Å². The molecule has 0 saturated carbocycles. The lowest BCUT2D eigenvalue weighted by Crippen LogP contribution is -2.25. The molecule has 0 amide bonds. The van der Waals surface area contributed by atoms with E-state index in [0.717, 1.165) is 12.2 Å². The summed E-state index contributed by atoms with van der Waals surface area (Å²) in [6.07, 6.45) is 3.45. The minimum Gasteiger partial charge on any atom is -0.327 e. The van der Waals surface area contributed by atoms with E-state index in [1.807, 2.05) is 12.1 Å². The van der Waals surface area contributed by atoms with Gasteiger partial charge in [-0.05, 0) is 24.5 Å². The van der Waals surface area contributed by atoms with Gasteiger partial charge in [0.2, 0.25) is 0 Å². The SMILES string of the molecule is CCCC(C)CC(N)CSc1ccccc1F. The van der Waals surface area contributed by atoms with Gasteiger partial charge in [0.25, 0.3) is 0 Å². The maximum atomic E-state index is 13.4. The molecular weight excluding hydrogens is 233 g/mol. The lowest BCUT2D eigenvalue weighted by atomic mass is 9.99. The van der Waals surface area contributed by atoms with Crippen LogP contribution >= 0.6 is 11.8 Å². The number of rotatable bonds is 7. The second-order valence-corrected chi connectivity index (χ2v) is 5.69. The Hall–Kier alpha value is -0.540. The molecule has 17 heavy (non-hydrogen) atoms. The highest BCUT2D eigenvalue weighted by Gasteiger charge is 2.10. The first-order chi connectivity index (χ1) is 8.13. The number of hydrogen-bond acceptors (Lipinski definition) is 2. The predicted octanol–water partition coefficient (Wildman–Crippen LogP) is 4.07. The molecule has 0 bridgehead atoms. The van der Waals surface area contributed by atoms with E-state index in [4.69, 9.17) is 5.73 Å². The first-order valence-corrected chi connectivity index (χ1v) is 7.25. The third-order valence-corrected chi connectivity index (χ3v) is 4.01. The van der Waals surface area contributed by atoms with Crippen molar-refractivity contribution < 1.29 is 4.39 Å². The van der Waals surface area contributed by atoms with Crippen LogP contribution in [0.15, 0.2) is 29.2 Å². The molecule has 2 atom stereocenters. The van der Waals surface area contributed by atoms with Crippen LogP contribution in [0.1, 0.15) is 33.1 Å². The van der Waals surface area contributed by atoms with Gasteiger partial charge in [-0.3, -0.25) is 0 Å². The molecule has 3 heteroatoms. The number of nitrogens with two attached hydrogens (primary N) is 1. The summed E-state index contributed by atoms with van der Waals surface area (Å²) in [5, 5.41) is 0.